The van der Waals surface area contributed by atoms with Crippen LogP contribution in [0.5, 0.6) is 0 Å². The van der Waals surface area contributed by atoms with Crippen molar-refractivity contribution in [3.8, 4) is 0 Å². The zero-order chi connectivity index (χ0) is 21.7. The van der Waals surface area contributed by atoms with E-state index in [1.807, 2.05) is 26.0 Å². The van der Waals surface area contributed by atoms with E-state index in [9.17, 15) is 19.1 Å². The second-order valence-corrected chi connectivity index (χ2v) is 8.04. The lowest BCUT2D eigenvalue weighted by Gasteiger charge is -2.36. The van der Waals surface area contributed by atoms with Gasteiger partial charge in [-0.25, -0.2) is 9.18 Å². The van der Waals surface area contributed by atoms with Gasteiger partial charge in [0.25, 0.3) is 0 Å². The molecule has 0 radical (unpaired) electrons. The van der Waals surface area contributed by atoms with Gasteiger partial charge in [0.15, 0.2) is 0 Å². The molecule has 0 aliphatic carbocycles. The number of carboxylic acid groups (broad SMARTS) is 1. The maximum atomic E-state index is 13.9. The van der Waals surface area contributed by atoms with E-state index in [0.717, 1.165) is 18.8 Å². The summed E-state index contributed by atoms with van der Waals surface area (Å²) in [7, 11) is 0. The fourth-order valence-electron chi connectivity index (χ4n) is 3.62. The first-order valence-corrected chi connectivity index (χ1v) is 10.2. The Morgan fingerprint density at radius 1 is 1.10 bits per heavy atom. The summed E-state index contributed by atoms with van der Waals surface area (Å²) in [5, 5.41) is 12.3. The number of benzene rings is 2. The summed E-state index contributed by atoms with van der Waals surface area (Å²) in [6.45, 7) is 7.37. The summed E-state index contributed by atoms with van der Waals surface area (Å²) in [6, 6.07) is 11.9. The highest BCUT2D eigenvalue weighted by molar-refractivity contribution is 6.01. The highest BCUT2D eigenvalue weighted by atomic mass is 19.1. The number of carboxylic acids is 1. The maximum Gasteiger partial charge on any atom is 0.337 e. The van der Waals surface area contributed by atoms with Crippen LogP contribution in [-0.2, 0) is 11.3 Å². The minimum absolute atomic E-state index is 0.0818. The Kier molecular flexibility index (Phi) is 7.05. The molecule has 7 heteroatoms. The third-order valence-corrected chi connectivity index (χ3v) is 5.19. The number of amides is 1. The van der Waals surface area contributed by atoms with Crippen molar-refractivity contribution in [1.82, 2.24) is 4.90 Å². The molecule has 160 valence electrons. The number of hydrogen-bond donors (Lipinski definition) is 2. The summed E-state index contributed by atoms with van der Waals surface area (Å²) >= 11 is 0. The van der Waals surface area contributed by atoms with Gasteiger partial charge in [0.1, 0.15) is 5.82 Å². The average molecular weight is 413 g/mol. The monoisotopic (exact) mass is 413 g/mol. The van der Waals surface area contributed by atoms with Crippen molar-refractivity contribution in [2.75, 3.05) is 36.4 Å². The van der Waals surface area contributed by atoms with Gasteiger partial charge in [-0.1, -0.05) is 32.0 Å². The third-order valence-electron chi connectivity index (χ3n) is 5.19. The van der Waals surface area contributed by atoms with Crippen LogP contribution in [0.25, 0.3) is 0 Å². The zero-order valence-corrected chi connectivity index (χ0v) is 17.4. The molecule has 0 aromatic heterocycles. The molecule has 1 amide bonds. The molecule has 2 aromatic rings. The van der Waals surface area contributed by atoms with Gasteiger partial charge in [-0.3, -0.25) is 9.69 Å². The number of halogens is 1. The topological polar surface area (TPSA) is 72.9 Å². The van der Waals surface area contributed by atoms with E-state index in [-0.39, 0.29) is 23.2 Å². The third kappa shape index (κ3) is 5.57. The zero-order valence-electron chi connectivity index (χ0n) is 17.4. The second kappa shape index (κ2) is 9.71. The molecule has 0 bridgehead atoms. The van der Waals surface area contributed by atoms with Crippen molar-refractivity contribution < 1.29 is 19.1 Å². The van der Waals surface area contributed by atoms with Crippen molar-refractivity contribution in [3.63, 3.8) is 0 Å². The summed E-state index contributed by atoms with van der Waals surface area (Å²) in [5.41, 5.74) is 1.88. The Morgan fingerprint density at radius 3 is 2.43 bits per heavy atom. The van der Waals surface area contributed by atoms with Gasteiger partial charge in [0.2, 0.25) is 5.91 Å². The fraction of sp³-hybridized carbons (Fsp3) is 0.391. The molecule has 1 aliphatic heterocycles. The molecular weight excluding hydrogens is 385 g/mol. The molecule has 30 heavy (non-hydrogen) atoms. The van der Waals surface area contributed by atoms with E-state index < -0.39 is 5.97 Å². The number of carbonyl (C=O) groups is 2. The van der Waals surface area contributed by atoms with Crippen molar-refractivity contribution in [2.45, 2.75) is 26.8 Å². The van der Waals surface area contributed by atoms with E-state index in [1.54, 1.807) is 24.3 Å². The SMILES string of the molecule is CC(C)CC(=O)Nc1ccc(N2CCN(Cc3ccccc3F)CC2)cc1C(=O)O. The summed E-state index contributed by atoms with van der Waals surface area (Å²) in [6.07, 6.45) is 0.338. The van der Waals surface area contributed by atoms with Crippen LogP contribution in [0.15, 0.2) is 42.5 Å². The summed E-state index contributed by atoms with van der Waals surface area (Å²) in [5.74, 6) is -1.27. The molecule has 1 saturated heterocycles. The average Bonchev–Trinajstić information content (AvgIpc) is 2.70. The Bertz CT molecular complexity index is 908. The van der Waals surface area contributed by atoms with Crippen LogP contribution in [-0.4, -0.2) is 48.1 Å². The van der Waals surface area contributed by atoms with Crippen LogP contribution in [0.2, 0.25) is 0 Å². The second-order valence-electron chi connectivity index (χ2n) is 8.04. The number of carbonyl (C=O) groups excluding carboxylic acids is 1. The van der Waals surface area contributed by atoms with Crippen LogP contribution >= 0.6 is 0 Å². The van der Waals surface area contributed by atoms with E-state index in [4.69, 9.17) is 0 Å². The summed E-state index contributed by atoms with van der Waals surface area (Å²) < 4.78 is 13.9. The van der Waals surface area contributed by atoms with Gasteiger partial charge < -0.3 is 15.3 Å². The molecule has 0 spiro atoms. The largest absolute Gasteiger partial charge is 0.478 e. The highest BCUT2D eigenvalue weighted by Gasteiger charge is 2.21. The van der Waals surface area contributed by atoms with Crippen LogP contribution in [0.4, 0.5) is 15.8 Å². The van der Waals surface area contributed by atoms with Crippen LogP contribution in [0.3, 0.4) is 0 Å². The number of rotatable bonds is 7. The maximum absolute atomic E-state index is 13.9. The minimum atomic E-state index is -1.07. The smallest absolute Gasteiger partial charge is 0.337 e. The summed E-state index contributed by atoms with van der Waals surface area (Å²) in [4.78, 5) is 28.1. The Labute approximate surface area is 176 Å². The van der Waals surface area contributed by atoms with E-state index in [2.05, 4.69) is 15.1 Å². The number of aromatic carboxylic acids is 1. The lowest BCUT2D eigenvalue weighted by Crippen LogP contribution is -2.46. The molecule has 2 N–H and O–H groups in total. The molecule has 0 saturated carbocycles. The first kappa shape index (κ1) is 21.8. The number of nitrogens with one attached hydrogen (secondary N) is 1. The minimum Gasteiger partial charge on any atom is -0.478 e. The molecule has 6 nitrogen and oxygen atoms in total. The Morgan fingerprint density at radius 2 is 1.80 bits per heavy atom. The molecular formula is C23H28FN3O3. The molecule has 1 heterocycles. The van der Waals surface area contributed by atoms with Gasteiger partial charge in [-0.2, -0.15) is 0 Å². The van der Waals surface area contributed by atoms with Gasteiger partial charge in [0.05, 0.1) is 11.3 Å². The van der Waals surface area contributed by atoms with Crippen LogP contribution in [0, 0.1) is 11.7 Å². The molecule has 1 aliphatic rings. The van der Waals surface area contributed by atoms with Gasteiger partial charge in [0, 0.05) is 50.4 Å². The van der Waals surface area contributed by atoms with E-state index >= 15 is 0 Å². The van der Waals surface area contributed by atoms with Crippen LogP contribution < -0.4 is 10.2 Å². The van der Waals surface area contributed by atoms with E-state index in [0.29, 0.717) is 37.3 Å². The van der Waals surface area contributed by atoms with Crippen LogP contribution in [0.1, 0.15) is 36.2 Å². The first-order chi connectivity index (χ1) is 14.3. The Hall–Kier alpha value is -2.93. The molecule has 1 fully saturated rings. The van der Waals surface area contributed by atoms with Crippen molar-refractivity contribution >= 4 is 23.3 Å². The predicted octanol–water partition coefficient (Wildman–Crippen LogP) is 3.83. The predicted molar refractivity (Wildman–Crippen MR) is 115 cm³/mol. The fourth-order valence-corrected chi connectivity index (χ4v) is 3.62. The quantitative estimate of drug-likeness (QED) is 0.722. The van der Waals surface area contributed by atoms with Gasteiger partial charge in [-0.05, 0) is 30.2 Å². The molecule has 0 atom stereocenters. The molecule has 0 unspecified atom stereocenters. The number of anilines is 2. The number of nitrogens with zero attached hydrogens (tertiary/aromatic N) is 2. The van der Waals surface area contributed by atoms with Gasteiger partial charge in [-0.15, -0.1) is 0 Å². The number of piperazine rings is 1. The lowest BCUT2D eigenvalue weighted by atomic mass is 10.1. The standard InChI is InChI=1S/C23H28FN3O3/c1-16(2)13-22(28)25-21-8-7-18(14-19(21)23(29)30)27-11-9-26(10-12-27)15-17-5-3-4-6-20(17)24/h3-8,14,16H,9-13,15H2,1-2H3,(H,25,28)(H,29,30). The Balaban J connectivity index is 1.65. The number of hydrogen-bond acceptors (Lipinski definition) is 4. The highest BCUT2D eigenvalue weighted by Crippen LogP contribution is 2.25. The normalized spacial score (nSPS) is 14.7. The van der Waals surface area contributed by atoms with Gasteiger partial charge >= 0.3 is 5.97 Å². The molecule has 3 rings (SSSR count). The van der Waals surface area contributed by atoms with Crippen molar-refractivity contribution in [1.29, 1.82) is 0 Å². The lowest BCUT2D eigenvalue weighted by molar-refractivity contribution is -0.116. The van der Waals surface area contributed by atoms with Crippen molar-refractivity contribution in [3.05, 3.63) is 59.4 Å². The first-order valence-electron chi connectivity index (χ1n) is 10.2. The molecule has 2 aromatic carbocycles. The van der Waals surface area contributed by atoms with Crippen molar-refractivity contribution in [2.24, 2.45) is 5.92 Å². The van der Waals surface area contributed by atoms with E-state index in [1.165, 1.54) is 6.07 Å².